The third-order valence-electron chi connectivity index (χ3n) is 5.15. The van der Waals surface area contributed by atoms with Crippen molar-refractivity contribution in [2.45, 2.75) is 26.2 Å². The van der Waals surface area contributed by atoms with Crippen molar-refractivity contribution in [3.8, 4) is 0 Å². The van der Waals surface area contributed by atoms with Crippen LogP contribution >= 0.6 is 0 Å². The van der Waals surface area contributed by atoms with Gasteiger partial charge in [-0.3, -0.25) is 0 Å². The maximum absolute atomic E-state index is 4.14. The summed E-state index contributed by atoms with van der Waals surface area (Å²) in [6.07, 6.45) is 17.5. The van der Waals surface area contributed by atoms with Crippen molar-refractivity contribution in [1.29, 1.82) is 0 Å². The molecule has 0 fully saturated rings. The van der Waals surface area contributed by atoms with Gasteiger partial charge in [0.15, 0.2) is 0 Å². The molecule has 1 aliphatic rings. The lowest BCUT2D eigenvalue weighted by Crippen LogP contribution is -1.88. The molecule has 0 spiro atoms. The van der Waals surface area contributed by atoms with Crippen molar-refractivity contribution in [2.24, 2.45) is 0 Å². The van der Waals surface area contributed by atoms with E-state index >= 15 is 0 Å². The number of hydrogen-bond acceptors (Lipinski definition) is 0. The van der Waals surface area contributed by atoms with Crippen LogP contribution in [0.4, 0.5) is 0 Å². The summed E-state index contributed by atoms with van der Waals surface area (Å²) in [5, 5.41) is 2.67. The van der Waals surface area contributed by atoms with Gasteiger partial charge in [-0.15, -0.1) is 0 Å². The summed E-state index contributed by atoms with van der Waals surface area (Å²) in [5.41, 5.74) is 7.57. The second kappa shape index (κ2) is 9.19. The maximum Gasteiger partial charge on any atom is -0.00165 e. The highest BCUT2D eigenvalue weighted by Gasteiger charge is 2.21. The minimum absolute atomic E-state index is 0.889. The van der Waals surface area contributed by atoms with E-state index in [1.165, 1.54) is 33.0 Å². The number of allylic oxidation sites excluding steroid dienone is 11. The third kappa shape index (κ3) is 4.40. The Morgan fingerprint density at radius 1 is 1.00 bits per heavy atom. The molecule has 0 unspecified atom stereocenters. The molecule has 28 heavy (non-hydrogen) atoms. The molecule has 0 saturated heterocycles. The standard InChI is InChI=1S/C28H28/c1-5-7-8-12-27-24(17-16-22(4)15-14-21(3)6-2)20-25-19-18-23-11-9-10-13-26(23)28(25)27/h5-7,9-11,13-19H,2-4,8,12,20H2,1H3/b7-5-,15-14-,17-16-. The van der Waals surface area contributed by atoms with Crippen LogP contribution in [0.5, 0.6) is 0 Å². The first-order valence-corrected chi connectivity index (χ1v) is 9.84. The summed E-state index contributed by atoms with van der Waals surface area (Å²) in [5.74, 6) is 0. The molecule has 0 saturated carbocycles. The molecule has 0 aliphatic heterocycles. The molecule has 1 aliphatic carbocycles. The number of fused-ring (bicyclic) bond motifs is 3. The van der Waals surface area contributed by atoms with Crippen LogP contribution in [0.25, 0.3) is 16.3 Å². The second-order valence-electron chi connectivity index (χ2n) is 7.13. The molecule has 0 radical (unpaired) electrons. The number of hydrogen-bond donors (Lipinski definition) is 0. The van der Waals surface area contributed by atoms with Gasteiger partial charge in [-0.1, -0.05) is 98.7 Å². The van der Waals surface area contributed by atoms with Crippen molar-refractivity contribution in [2.75, 3.05) is 0 Å². The second-order valence-corrected chi connectivity index (χ2v) is 7.13. The third-order valence-corrected chi connectivity index (χ3v) is 5.15. The molecule has 0 amide bonds. The quantitative estimate of drug-likeness (QED) is 0.330. The molecule has 0 atom stereocenters. The summed E-state index contributed by atoms with van der Waals surface area (Å²) in [4.78, 5) is 0. The largest absolute Gasteiger partial charge is 0.0985 e. The van der Waals surface area contributed by atoms with Crippen LogP contribution in [0.15, 0.2) is 115 Å². The Labute approximate surface area is 169 Å². The van der Waals surface area contributed by atoms with Crippen LogP contribution in [0.2, 0.25) is 0 Å². The van der Waals surface area contributed by atoms with Gasteiger partial charge in [0.2, 0.25) is 0 Å². The van der Waals surface area contributed by atoms with E-state index in [0.29, 0.717) is 0 Å². The summed E-state index contributed by atoms with van der Waals surface area (Å²) < 4.78 is 0. The fourth-order valence-electron chi connectivity index (χ4n) is 3.68. The van der Waals surface area contributed by atoms with E-state index in [-0.39, 0.29) is 0 Å². The van der Waals surface area contributed by atoms with Crippen molar-refractivity contribution in [3.63, 3.8) is 0 Å². The molecule has 0 bridgehead atoms. The normalized spacial score (nSPS) is 13.9. The molecular formula is C28H28. The molecule has 2 aromatic carbocycles. The first-order chi connectivity index (χ1) is 13.6. The van der Waals surface area contributed by atoms with Crippen LogP contribution in [0, 0.1) is 0 Å². The lowest BCUT2D eigenvalue weighted by atomic mass is 9.94. The summed E-state index contributed by atoms with van der Waals surface area (Å²) in [6, 6.07) is 13.2. The van der Waals surface area contributed by atoms with Crippen molar-refractivity contribution in [3.05, 3.63) is 127 Å². The Balaban J connectivity index is 1.97. The lowest BCUT2D eigenvalue weighted by Gasteiger charge is -2.10. The fourth-order valence-corrected chi connectivity index (χ4v) is 3.68. The number of rotatable bonds is 8. The first kappa shape index (κ1) is 19.6. The van der Waals surface area contributed by atoms with Gasteiger partial charge in [-0.05, 0) is 70.4 Å². The minimum atomic E-state index is 0.889. The van der Waals surface area contributed by atoms with Crippen LogP contribution < -0.4 is 0 Å². The van der Waals surface area contributed by atoms with Crippen LogP contribution in [0.1, 0.15) is 30.9 Å². The average Bonchev–Trinajstić information content (AvgIpc) is 3.08. The van der Waals surface area contributed by atoms with E-state index in [1.54, 1.807) is 6.08 Å². The highest BCUT2D eigenvalue weighted by molar-refractivity contribution is 5.98. The van der Waals surface area contributed by atoms with Gasteiger partial charge in [0.25, 0.3) is 0 Å². The Bertz CT molecular complexity index is 1030. The first-order valence-electron chi connectivity index (χ1n) is 9.84. The van der Waals surface area contributed by atoms with Crippen LogP contribution in [-0.2, 0) is 6.42 Å². The molecule has 0 nitrogen and oxygen atoms in total. The minimum Gasteiger partial charge on any atom is -0.0985 e. The van der Waals surface area contributed by atoms with Gasteiger partial charge in [-0.25, -0.2) is 0 Å². The van der Waals surface area contributed by atoms with E-state index < -0.39 is 0 Å². The van der Waals surface area contributed by atoms with Crippen LogP contribution in [0.3, 0.4) is 0 Å². The summed E-state index contributed by atoms with van der Waals surface area (Å²) in [7, 11) is 0. The van der Waals surface area contributed by atoms with Crippen molar-refractivity contribution in [1.82, 2.24) is 0 Å². The van der Waals surface area contributed by atoms with Gasteiger partial charge in [0, 0.05) is 0 Å². The smallest absolute Gasteiger partial charge is 0.00165 e. The van der Waals surface area contributed by atoms with E-state index in [0.717, 1.165) is 30.4 Å². The molecule has 0 aromatic heterocycles. The molecule has 0 heteroatoms. The molecule has 0 N–H and O–H groups in total. The zero-order chi connectivity index (χ0) is 19.9. The SMILES string of the molecule is C=CC(=C)/C=C\C(=C)/C=C\C1=C(CC/C=C\C)c2c(ccc3ccccc23)C1. The predicted octanol–water partition coefficient (Wildman–Crippen LogP) is 7.92. The Morgan fingerprint density at radius 3 is 2.57 bits per heavy atom. The van der Waals surface area contributed by atoms with E-state index in [9.17, 15) is 0 Å². The maximum atomic E-state index is 4.14. The Kier molecular flexibility index (Phi) is 6.45. The van der Waals surface area contributed by atoms with Crippen LogP contribution in [-0.4, -0.2) is 0 Å². The van der Waals surface area contributed by atoms with Crippen molar-refractivity contribution < 1.29 is 0 Å². The summed E-state index contributed by atoms with van der Waals surface area (Å²) >= 11 is 0. The predicted molar refractivity (Wildman–Crippen MR) is 125 cm³/mol. The zero-order valence-electron chi connectivity index (χ0n) is 16.7. The highest BCUT2D eigenvalue weighted by atomic mass is 14.3. The van der Waals surface area contributed by atoms with E-state index in [1.807, 2.05) is 12.2 Å². The molecule has 140 valence electrons. The molecule has 0 heterocycles. The zero-order valence-corrected chi connectivity index (χ0v) is 16.7. The Hall–Kier alpha value is -3.12. The molecular weight excluding hydrogens is 336 g/mol. The highest BCUT2D eigenvalue weighted by Crippen LogP contribution is 2.41. The number of benzene rings is 2. The average molecular weight is 365 g/mol. The van der Waals surface area contributed by atoms with Gasteiger partial charge < -0.3 is 0 Å². The lowest BCUT2D eigenvalue weighted by molar-refractivity contribution is 1.06. The van der Waals surface area contributed by atoms with E-state index in [2.05, 4.69) is 87.4 Å². The molecule has 3 rings (SSSR count). The fraction of sp³-hybridized carbons (Fsp3) is 0.143. The van der Waals surface area contributed by atoms with Gasteiger partial charge in [-0.2, -0.15) is 0 Å². The summed E-state index contributed by atoms with van der Waals surface area (Å²) in [6.45, 7) is 13.9. The van der Waals surface area contributed by atoms with Gasteiger partial charge >= 0.3 is 0 Å². The van der Waals surface area contributed by atoms with Gasteiger partial charge in [0.05, 0.1) is 0 Å². The van der Waals surface area contributed by atoms with Crippen molar-refractivity contribution >= 4 is 16.3 Å². The monoisotopic (exact) mass is 364 g/mol. The topological polar surface area (TPSA) is 0 Å². The van der Waals surface area contributed by atoms with Gasteiger partial charge in [0.1, 0.15) is 0 Å². The van der Waals surface area contributed by atoms with E-state index in [4.69, 9.17) is 0 Å². The molecule has 2 aromatic rings. The Morgan fingerprint density at radius 2 is 1.79 bits per heavy atom.